The summed E-state index contributed by atoms with van der Waals surface area (Å²) in [7, 11) is 0. The smallest absolute Gasteiger partial charge is 0.366 e. The van der Waals surface area contributed by atoms with Gasteiger partial charge in [-0.2, -0.15) is 0 Å². The fourth-order valence-corrected chi connectivity index (χ4v) is 2.73. The Morgan fingerprint density at radius 2 is 1.90 bits per heavy atom. The topological polar surface area (TPSA) is 152 Å². The zero-order chi connectivity index (χ0) is 21.3. The largest absolute Gasteiger partial charge is 0.478 e. The number of hydrogen-bond acceptors (Lipinski definition) is 7. The molecule has 0 fully saturated rings. The number of carbonyl (C=O) groups excluding carboxylic acids is 2. The maximum Gasteiger partial charge on any atom is 0.366 e. The van der Waals surface area contributed by atoms with Crippen LogP contribution in [0.3, 0.4) is 0 Å². The van der Waals surface area contributed by atoms with Gasteiger partial charge in [0, 0.05) is 11.8 Å². The van der Waals surface area contributed by atoms with Gasteiger partial charge in [0.1, 0.15) is 6.54 Å². The number of anilines is 2. The van der Waals surface area contributed by atoms with E-state index in [1.165, 1.54) is 44.2 Å². The Balaban J connectivity index is 1.85. The third-order valence-electron chi connectivity index (χ3n) is 4.11. The first-order chi connectivity index (χ1) is 13.6. The summed E-state index contributed by atoms with van der Waals surface area (Å²) in [6.45, 7) is 2.55. The van der Waals surface area contributed by atoms with Crippen molar-refractivity contribution >= 4 is 35.1 Å². The van der Waals surface area contributed by atoms with Crippen molar-refractivity contribution in [2.24, 2.45) is 0 Å². The molecule has 0 radical (unpaired) electrons. The van der Waals surface area contributed by atoms with Crippen LogP contribution in [0.15, 0.2) is 36.4 Å². The molecule has 2 heterocycles. The Hall–Kier alpha value is -4.02. The highest BCUT2D eigenvalue weighted by molar-refractivity contribution is 6.07. The fraction of sp³-hybridized carbons (Fsp3) is 0.222. The molecule has 0 saturated heterocycles. The van der Waals surface area contributed by atoms with E-state index in [2.05, 4.69) is 10.3 Å². The van der Waals surface area contributed by atoms with Crippen LogP contribution >= 0.6 is 0 Å². The highest BCUT2D eigenvalue weighted by Gasteiger charge is 2.45. The van der Waals surface area contributed by atoms with E-state index < -0.39 is 40.7 Å². The number of nitrogens with one attached hydrogen (secondary N) is 1. The molecule has 0 atom stereocenters. The van der Waals surface area contributed by atoms with Crippen molar-refractivity contribution in [3.63, 3.8) is 0 Å². The Morgan fingerprint density at radius 3 is 2.48 bits per heavy atom. The minimum absolute atomic E-state index is 0.0542. The summed E-state index contributed by atoms with van der Waals surface area (Å²) < 4.78 is 5.57. The number of rotatable bonds is 5. The van der Waals surface area contributed by atoms with Crippen LogP contribution in [0.25, 0.3) is 0 Å². The average Bonchev–Trinajstić information content (AvgIpc) is 2.65. The Labute approximate surface area is 164 Å². The average molecular weight is 400 g/mol. The Bertz CT molecular complexity index is 1020. The Kier molecular flexibility index (Phi) is 4.89. The molecule has 0 aliphatic carbocycles. The molecule has 1 aromatic carbocycles. The van der Waals surface area contributed by atoms with Gasteiger partial charge in [0.2, 0.25) is 5.91 Å². The summed E-state index contributed by atoms with van der Waals surface area (Å²) in [5.74, 6) is -2.77. The lowest BCUT2D eigenvalue weighted by Crippen LogP contribution is -2.54. The first-order valence-corrected chi connectivity index (χ1v) is 8.38. The first kappa shape index (κ1) is 19.7. The minimum atomic E-state index is -1.30. The molecule has 0 unspecified atom stereocenters. The minimum Gasteiger partial charge on any atom is -0.478 e. The van der Waals surface area contributed by atoms with Gasteiger partial charge in [0.15, 0.2) is 11.4 Å². The molecule has 0 bridgehead atoms. The number of pyridine rings is 1. The highest BCUT2D eigenvalue weighted by Crippen LogP contribution is 2.37. The number of nitrogens with zero attached hydrogens (tertiary/aromatic N) is 3. The zero-order valence-corrected chi connectivity index (χ0v) is 15.4. The van der Waals surface area contributed by atoms with Crippen molar-refractivity contribution in [1.82, 2.24) is 4.98 Å². The molecule has 150 valence electrons. The van der Waals surface area contributed by atoms with Crippen LogP contribution in [0.1, 0.15) is 24.2 Å². The molecule has 1 aliphatic rings. The van der Waals surface area contributed by atoms with Gasteiger partial charge in [-0.1, -0.05) is 0 Å². The molecule has 11 nitrogen and oxygen atoms in total. The number of nitro groups is 1. The summed E-state index contributed by atoms with van der Waals surface area (Å²) >= 11 is 0. The lowest BCUT2D eigenvalue weighted by molar-refractivity contribution is -0.389. The number of carboxylic acid groups (broad SMARTS) is 1. The van der Waals surface area contributed by atoms with Crippen molar-refractivity contribution in [1.29, 1.82) is 0 Å². The molecule has 0 saturated carbocycles. The number of aromatic carboxylic acids is 1. The zero-order valence-electron chi connectivity index (χ0n) is 15.4. The van der Waals surface area contributed by atoms with E-state index in [9.17, 15) is 24.5 Å². The number of amides is 2. The van der Waals surface area contributed by atoms with Crippen LogP contribution in [0.4, 0.5) is 17.3 Å². The number of fused-ring (bicyclic) bond motifs is 1. The van der Waals surface area contributed by atoms with Crippen LogP contribution in [-0.4, -0.2) is 44.9 Å². The van der Waals surface area contributed by atoms with E-state index in [4.69, 9.17) is 9.84 Å². The lowest BCUT2D eigenvalue weighted by Gasteiger charge is -2.35. The normalized spacial score (nSPS) is 14.6. The van der Waals surface area contributed by atoms with Crippen LogP contribution in [0.2, 0.25) is 0 Å². The summed E-state index contributed by atoms with van der Waals surface area (Å²) in [4.78, 5) is 51.3. The SMILES string of the molecule is CC1(C)Oc2ccc([N+](=O)[O-])nc2N(CC(=O)Nc2ccc(C(=O)O)cc2)C1=O. The van der Waals surface area contributed by atoms with E-state index in [-0.39, 0.29) is 17.1 Å². The molecular formula is C18H16N4O7. The third-order valence-corrected chi connectivity index (χ3v) is 4.11. The van der Waals surface area contributed by atoms with E-state index in [0.29, 0.717) is 5.69 Å². The molecule has 29 heavy (non-hydrogen) atoms. The summed E-state index contributed by atoms with van der Waals surface area (Å²) in [5, 5.41) is 22.5. The standard InChI is InChI=1S/C18H16N4O7/c1-18(2)17(26)21(15-12(29-18)7-8-13(20-15)22(27)28)9-14(23)19-11-5-3-10(4-6-11)16(24)25/h3-8H,9H2,1-2H3,(H,19,23)(H,24,25). The second kappa shape index (κ2) is 7.19. The number of aromatic nitrogens is 1. The van der Waals surface area contributed by atoms with Crippen LogP contribution in [-0.2, 0) is 9.59 Å². The monoisotopic (exact) mass is 400 g/mol. The van der Waals surface area contributed by atoms with Crippen molar-refractivity contribution < 1.29 is 29.2 Å². The van der Waals surface area contributed by atoms with E-state index in [0.717, 1.165) is 11.0 Å². The second-order valence-corrected chi connectivity index (χ2v) is 6.68. The van der Waals surface area contributed by atoms with E-state index >= 15 is 0 Å². The van der Waals surface area contributed by atoms with Gasteiger partial charge < -0.3 is 25.3 Å². The van der Waals surface area contributed by atoms with Gasteiger partial charge in [0.05, 0.1) is 5.56 Å². The number of benzene rings is 1. The maximum atomic E-state index is 12.7. The maximum absolute atomic E-state index is 12.7. The van der Waals surface area contributed by atoms with Crippen molar-refractivity contribution in [2.45, 2.75) is 19.4 Å². The summed E-state index contributed by atoms with van der Waals surface area (Å²) in [6.07, 6.45) is 0. The number of ether oxygens (including phenoxy) is 1. The number of hydrogen-bond donors (Lipinski definition) is 2. The summed E-state index contributed by atoms with van der Waals surface area (Å²) in [6, 6.07) is 7.92. The van der Waals surface area contributed by atoms with Crippen molar-refractivity contribution in [3.05, 3.63) is 52.1 Å². The highest BCUT2D eigenvalue weighted by atomic mass is 16.6. The quantitative estimate of drug-likeness (QED) is 0.569. The Morgan fingerprint density at radius 1 is 1.24 bits per heavy atom. The van der Waals surface area contributed by atoms with E-state index in [1.807, 2.05) is 0 Å². The van der Waals surface area contributed by atoms with Crippen molar-refractivity contribution in [3.8, 4) is 5.75 Å². The van der Waals surface area contributed by atoms with Crippen LogP contribution < -0.4 is 15.0 Å². The summed E-state index contributed by atoms with van der Waals surface area (Å²) in [5.41, 5.74) is -0.917. The lowest BCUT2D eigenvalue weighted by atomic mass is 10.1. The molecule has 2 aromatic rings. The molecule has 1 aromatic heterocycles. The number of carbonyl (C=O) groups is 3. The van der Waals surface area contributed by atoms with Gasteiger partial charge in [-0.3, -0.25) is 14.5 Å². The number of carboxylic acids is 1. The van der Waals surface area contributed by atoms with Gasteiger partial charge >= 0.3 is 11.8 Å². The predicted molar refractivity (Wildman–Crippen MR) is 100.0 cm³/mol. The van der Waals surface area contributed by atoms with Gasteiger partial charge in [-0.25, -0.2) is 4.79 Å². The van der Waals surface area contributed by atoms with Crippen molar-refractivity contribution in [2.75, 3.05) is 16.8 Å². The van der Waals surface area contributed by atoms with Crippen LogP contribution in [0, 0.1) is 10.1 Å². The second-order valence-electron chi connectivity index (χ2n) is 6.68. The fourth-order valence-electron chi connectivity index (χ4n) is 2.73. The molecular weight excluding hydrogens is 384 g/mol. The molecule has 0 spiro atoms. The first-order valence-electron chi connectivity index (χ1n) is 8.38. The van der Waals surface area contributed by atoms with Gasteiger partial charge in [-0.05, 0) is 54.1 Å². The predicted octanol–water partition coefficient (Wildman–Crippen LogP) is 1.83. The van der Waals surface area contributed by atoms with Gasteiger partial charge in [-0.15, -0.1) is 0 Å². The van der Waals surface area contributed by atoms with E-state index in [1.54, 1.807) is 0 Å². The molecule has 1 aliphatic heterocycles. The molecule has 3 rings (SSSR count). The third kappa shape index (κ3) is 3.98. The van der Waals surface area contributed by atoms with Crippen LogP contribution in [0.5, 0.6) is 5.75 Å². The molecule has 11 heteroatoms. The molecule has 2 N–H and O–H groups in total. The molecule has 2 amide bonds. The van der Waals surface area contributed by atoms with Gasteiger partial charge in [0.25, 0.3) is 11.7 Å².